The predicted octanol–water partition coefficient (Wildman–Crippen LogP) is -0.230. The summed E-state index contributed by atoms with van der Waals surface area (Å²) in [5.74, 6) is 0.371. The highest BCUT2D eigenvalue weighted by Gasteiger charge is 2.34. The molecule has 0 saturated carbocycles. The summed E-state index contributed by atoms with van der Waals surface area (Å²) < 4.78 is 25.0. The number of sulfonamides is 1. The second-order valence-corrected chi connectivity index (χ2v) is 6.14. The van der Waals surface area contributed by atoms with E-state index in [0.717, 1.165) is 13.0 Å². The molecule has 2 atom stereocenters. The van der Waals surface area contributed by atoms with Gasteiger partial charge in [0, 0.05) is 13.1 Å². The van der Waals surface area contributed by atoms with Crippen molar-refractivity contribution >= 4 is 10.0 Å². The van der Waals surface area contributed by atoms with Gasteiger partial charge < -0.3 is 5.32 Å². The molecule has 0 aromatic carbocycles. The van der Waals surface area contributed by atoms with Crippen LogP contribution in [0.5, 0.6) is 0 Å². The monoisotopic (exact) mass is 231 g/mol. The molecule has 0 radical (unpaired) electrons. The molecule has 1 fully saturated rings. The summed E-state index contributed by atoms with van der Waals surface area (Å²) >= 11 is 0. The van der Waals surface area contributed by atoms with Crippen LogP contribution >= 0.6 is 0 Å². The topological polar surface area (TPSA) is 73.2 Å². The molecule has 1 rings (SSSR count). The van der Waals surface area contributed by atoms with Crippen LogP contribution in [0.1, 0.15) is 13.3 Å². The Morgan fingerprint density at radius 3 is 2.87 bits per heavy atom. The van der Waals surface area contributed by atoms with Gasteiger partial charge in [-0.15, -0.1) is 0 Å². The number of hydrogen-bond donors (Lipinski definition) is 1. The molecule has 0 bridgehead atoms. The first kappa shape index (κ1) is 12.4. The number of rotatable bonds is 4. The lowest BCUT2D eigenvalue weighted by molar-refractivity contribution is 0.448. The zero-order valence-electron chi connectivity index (χ0n) is 9.10. The zero-order valence-corrected chi connectivity index (χ0v) is 9.92. The minimum atomic E-state index is -3.40. The minimum Gasteiger partial charge on any atom is -0.319 e. The highest BCUT2D eigenvalue weighted by molar-refractivity contribution is 7.89. The van der Waals surface area contributed by atoms with Crippen molar-refractivity contribution < 1.29 is 8.42 Å². The molecule has 5 nitrogen and oxygen atoms in total. The van der Waals surface area contributed by atoms with Gasteiger partial charge >= 0.3 is 0 Å². The van der Waals surface area contributed by atoms with E-state index in [0.29, 0.717) is 19.0 Å². The Bertz CT molecular complexity index is 347. The first-order valence-electron chi connectivity index (χ1n) is 5.05. The Hall–Kier alpha value is -0.640. The fraction of sp³-hybridized carbons (Fsp3) is 0.889. The molecule has 1 aliphatic heterocycles. The average Bonchev–Trinajstić information content (AvgIpc) is 2.66. The summed E-state index contributed by atoms with van der Waals surface area (Å²) in [7, 11) is -1.54. The van der Waals surface area contributed by atoms with Gasteiger partial charge in [0.1, 0.15) is 0 Å². The van der Waals surface area contributed by atoms with Gasteiger partial charge in [-0.1, -0.05) is 0 Å². The second-order valence-electron chi connectivity index (χ2n) is 3.89. The molecular weight excluding hydrogens is 214 g/mol. The summed E-state index contributed by atoms with van der Waals surface area (Å²) in [4.78, 5) is 0. The second kappa shape index (κ2) is 4.92. The summed E-state index contributed by atoms with van der Waals surface area (Å²) in [6.07, 6.45) is 0.873. The molecule has 1 saturated heterocycles. The van der Waals surface area contributed by atoms with Crippen molar-refractivity contribution in [1.29, 1.82) is 5.26 Å². The van der Waals surface area contributed by atoms with Crippen LogP contribution in [0.15, 0.2) is 0 Å². The third kappa shape index (κ3) is 2.68. The van der Waals surface area contributed by atoms with Crippen LogP contribution in [0.2, 0.25) is 0 Å². The van der Waals surface area contributed by atoms with Gasteiger partial charge in [-0.2, -0.15) is 5.26 Å². The van der Waals surface area contributed by atoms with Crippen LogP contribution < -0.4 is 5.32 Å². The molecule has 0 aliphatic carbocycles. The molecule has 0 amide bonds. The van der Waals surface area contributed by atoms with Gasteiger partial charge in [0.2, 0.25) is 10.0 Å². The summed E-state index contributed by atoms with van der Waals surface area (Å²) in [5.41, 5.74) is 0. The van der Waals surface area contributed by atoms with Crippen molar-refractivity contribution in [3.63, 3.8) is 0 Å². The predicted molar refractivity (Wildman–Crippen MR) is 57.6 cm³/mol. The molecule has 86 valence electrons. The van der Waals surface area contributed by atoms with E-state index >= 15 is 0 Å². The van der Waals surface area contributed by atoms with Crippen molar-refractivity contribution in [3.8, 4) is 6.07 Å². The molecule has 0 aromatic heterocycles. The Kier molecular flexibility index (Phi) is 4.08. The largest absolute Gasteiger partial charge is 0.319 e. The van der Waals surface area contributed by atoms with E-state index in [4.69, 9.17) is 5.26 Å². The van der Waals surface area contributed by atoms with Crippen molar-refractivity contribution in [2.75, 3.05) is 26.7 Å². The first-order valence-corrected chi connectivity index (χ1v) is 6.56. The highest BCUT2D eigenvalue weighted by Crippen LogP contribution is 2.21. The van der Waals surface area contributed by atoms with Crippen LogP contribution in [0.25, 0.3) is 0 Å². The lowest BCUT2D eigenvalue weighted by Crippen LogP contribution is -2.36. The van der Waals surface area contributed by atoms with Gasteiger partial charge in [0.15, 0.2) is 5.25 Å². The zero-order chi connectivity index (χ0) is 11.5. The SMILES string of the molecule is CNCC1CCN(S(=O)(=O)C(C)C#N)C1. The van der Waals surface area contributed by atoms with Crippen LogP contribution in [0, 0.1) is 17.2 Å². The van der Waals surface area contributed by atoms with E-state index < -0.39 is 15.3 Å². The Morgan fingerprint density at radius 2 is 2.33 bits per heavy atom. The number of nitrogens with one attached hydrogen (secondary N) is 1. The Morgan fingerprint density at radius 1 is 1.67 bits per heavy atom. The third-order valence-corrected chi connectivity index (χ3v) is 4.78. The van der Waals surface area contributed by atoms with Crippen molar-refractivity contribution in [1.82, 2.24) is 9.62 Å². The summed E-state index contributed by atoms with van der Waals surface area (Å²) in [6, 6.07) is 1.78. The van der Waals surface area contributed by atoms with Gasteiger partial charge in [-0.25, -0.2) is 12.7 Å². The Labute approximate surface area is 91.1 Å². The van der Waals surface area contributed by atoms with E-state index in [-0.39, 0.29) is 0 Å². The lowest BCUT2D eigenvalue weighted by Gasteiger charge is -2.17. The lowest BCUT2D eigenvalue weighted by atomic mass is 10.1. The average molecular weight is 231 g/mol. The van der Waals surface area contributed by atoms with Crippen LogP contribution in [-0.4, -0.2) is 44.7 Å². The fourth-order valence-corrected chi connectivity index (χ4v) is 3.13. The van der Waals surface area contributed by atoms with Crippen molar-refractivity contribution in [2.24, 2.45) is 5.92 Å². The molecule has 1 aliphatic rings. The van der Waals surface area contributed by atoms with Crippen LogP contribution in [-0.2, 0) is 10.0 Å². The normalized spacial score (nSPS) is 25.0. The Balaban J connectivity index is 2.65. The molecule has 6 heteroatoms. The van der Waals surface area contributed by atoms with Gasteiger partial charge in [0.25, 0.3) is 0 Å². The molecule has 2 unspecified atom stereocenters. The van der Waals surface area contributed by atoms with Gasteiger partial charge in [-0.3, -0.25) is 0 Å². The maximum atomic E-state index is 11.8. The van der Waals surface area contributed by atoms with Crippen molar-refractivity contribution in [3.05, 3.63) is 0 Å². The van der Waals surface area contributed by atoms with Crippen molar-refractivity contribution in [2.45, 2.75) is 18.6 Å². The molecule has 0 aromatic rings. The van der Waals surface area contributed by atoms with Crippen LogP contribution in [0.4, 0.5) is 0 Å². The fourth-order valence-electron chi connectivity index (χ4n) is 1.77. The van der Waals surface area contributed by atoms with E-state index in [2.05, 4.69) is 5.32 Å². The minimum absolute atomic E-state index is 0.371. The van der Waals surface area contributed by atoms with Gasteiger partial charge in [0.05, 0.1) is 6.07 Å². The van der Waals surface area contributed by atoms with E-state index in [1.807, 2.05) is 7.05 Å². The highest BCUT2D eigenvalue weighted by atomic mass is 32.2. The van der Waals surface area contributed by atoms with Crippen LogP contribution in [0.3, 0.4) is 0 Å². The van der Waals surface area contributed by atoms with E-state index in [9.17, 15) is 8.42 Å². The summed E-state index contributed by atoms with van der Waals surface area (Å²) in [5, 5.41) is 10.7. The maximum absolute atomic E-state index is 11.8. The molecule has 0 spiro atoms. The van der Waals surface area contributed by atoms with Gasteiger partial charge in [-0.05, 0) is 32.9 Å². The molecule has 1 heterocycles. The molecule has 1 N–H and O–H groups in total. The quantitative estimate of drug-likeness (QED) is 0.725. The molecular formula is C9H17N3O2S. The number of nitriles is 1. The third-order valence-electron chi connectivity index (χ3n) is 2.73. The van der Waals surface area contributed by atoms with E-state index in [1.54, 1.807) is 6.07 Å². The van der Waals surface area contributed by atoms with E-state index in [1.165, 1.54) is 11.2 Å². The number of hydrogen-bond acceptors (Lipinski definition) is 4. The standard InChI is InChI=1S/C9H17N3O2S/c1-8(5-10)15(13,14)12-4-3-9(7-12)6-11-2/h8-9,11H,3-4,6-7H2,1-2H3. The first-order chi connectivity index (χ1) is 7.02. The number of nitrogens with zero attached hydrogens (tertiary/aromatic N) is 2. The smallest absolute Gasteiger partial charge is 0.230 e. The molecule has 15 heavy (non-hydrogen) atoms. The maximum Gasteiger partial charge on any atom is 0.230 e. The summed E-state index contributed by atoms with van der Waals surface area (Å²) in [6.45, 7) is 3.34.